The molecular weight excluding hydrogens is 336 g/mol. The Hall–Kier alpha value is -2.38. The molecule has 7 heteroatoms. The summed E-state index contributed by atoms with van der Waals surface area (Å²) in [6.07, 6.45) is 1.94. The normalized spacial score (nSPS) is 15.0. The number of nitrogens with zero attached hydrogens (tertiary/aromatic N) is 1. The largest absolute Gasteiger partial charge is 0.338 e. The van der Waals surface area contributed by atoms with E-state index in [0.29, 0.717) is 15.9 Å². The van der Waals surface area contributed by atoms with Crippen molar-refractivity contribution < 1.29 is 9.59 Å². The van der Waals surface area contributed by atoms with Crippen LogP contribution in [-0.2, 0) is 0 Å². The van der Waals surface area contributed by atoms with Crippen LogP contribution in [0.4, 0.5) is 15.5 Å². The van der Waals surface area contributed by atoms with Gasteiger partial charge in [0.1, 0.15) is 0 Å². The third kappa shape index (κ3) is 4.58. The number of amides is 3. The van der Waals surface area contributed by atoms with Crippen molar-refractivity contribution in [3.8, 4) is 0 Å². The van der Waals surface area contributed by atoms with Gasteiger partial charge in [-0.3, -0.25) is 10.1 Å². The van der Waals surface area contributed by atoms with Gasteiger partial charge in [-0.1, -0.05) is 18.2 Å². The molecule has 1 saturated heterocycles. The van der Waals surface area contributed by atoms with Gasteiger partial charge in [0.05, 0.1) is 9.88 Å². The molecule has 1 aromatic carbocycles. The van der Waals surface area contributed by atoms with Crippen LogP contribution in [0.3, 0.4) is 0 Å². The van der Waals surface area contributed by atoms with E-state index in [1.54, 1.807) is 12.1 Å². The highest BCUT2D eigenvalue weighted by Gasteiger charge is 2.23. The van der Waals surface area contributed by atoms with E-state index in [1.807, 2.05) is 42.3 Å². The summed E-state index contributed by atoms with van der Waals surface area (Å²) < 4.78 is 0. The fourth-order valence-electron chi connectivity index (χ4n) is 2.84. The number of nitrogens with one attached hydrogen (secondary N) is 3. The highest BCUT2D eigenvalue weighted by Crippen LogP contribution is 2.24. The van der Waals surface area contributed by atoms with Crippen molar-refractivity contribution in [2.45, 2.75) is 18.9 Å². The summed E-state index contributed by atoms with van der Waals surface area (Å²) in [5.74, 6) is 0.0380. The maximum absolute atomic E-state index is 12.6. The summed E-state index contributed by atoms with van der Waals surface area (Å²) in [6.45, 7) is 1.53. The van der Waals surface area contributed by atoms with Crippen LogP contribution < -0.4 is 16.0 Å². The van der Waals surface area contributed by atoms with Crippen molar-refractivity contribution in [3.63, 3.8) is 0 Å². The Morgan fingerprint density at radius 1 is 1.04 bits per heavy atom. The highest BCUT2D eigenvalue weighted by molar-refractivity contribution is 7.18. The smallest absolute Gasteiger partial charge is 0.324 e. The van der Waals surface area contributed by atoms with Gasteiger partial charge in [0.2, 0.25) is 0 Å². The third-order valence-corrected chi connectivity index (χ3v) is 5.26. The van der Waals surface area contributed by atoms with Gasteiger partial charge in [0, 0.05) is 24.8 Å². The predicted molar refractivity (Wildman–Crippen MR) is 101 cm³/mol. The second-order valence-corrected chi connectivity index (χ2v) is 7.05. The predicted octanol–water partition coefficient (Wildman–Crippen LogP) is 3.22. The van der Waals surface area contributed by atoms with Gasteiger partial charge in [0.25, 0.3) is 5.91 Å². The molecule has 25 heavy (non-hydrogen) atoms. The molecule has 3 rings (SSSR count). The summed E-state index contributed by atoms with van der Waals surface area (Å²) in [5, 5.41) is 9.44. The first-order valence-corrected chi connectivity index (χ1v) is 9.17. The number of hydrogen-bond donors (Lipinski definition) is 3. The first-order chi connectivity index (χ1) is 12.2. The molecular formula is C18H22N4O2S. The van der Waals surface area contributed by atoms with Gasteiger partial charge < -0.3 is 15.5 Å². The summed E-state index contributed by atoms with van der Waals surface area (Å²) in [4.78, 5) is 27.1. The first-order valence-electron chi connectivity index (χ1n) is 8.35. The Kier molecular flexibility index (Phi) is 5.67. The number of urea groups is 1. The molecule has 0 aliphatic carbocycles. The Morgan fingerprint density at radius 2 is 1.76 bits per heavy atom. The molecule has 3 N–H and O–H groups in total. The Bertz CT molecular complexity index is 724. The fraction of sp³-hybridized carbons (Fsp3) is 0.333. The highest BCUT2D eigenvalue weighted by atomic mass is 32.1. The molecule has 0 saturated carbocycles. The van der Waals surface area contributed by atoms with Crippen LogP contribution in [0.2, 0.25) is 0 Å². The van der Waals surface area contributed by atoms with E-state index in [0.717, 1.165) is 31.6 Å². The lowest BCUT2D eigenvalue weighted by molar-refractivity contribution is 0.0712. The molecule has 0 unspecified atom stereocenters. The Labute approximate surface area is 151 Å². The number of hydrogen-bond acceptors (Lipinski definition) is 4. The summed E-state index contributed by atoms with van der Waals surface area (Å²) in [7, 11) is 1.96. The molecule has 0 radical (unpaired) electrons. The number of thiophene rings is 1. The van der Waals surface area contributed by atoms with Crippen molar-refractivity contribution >= 4 is 34.0 Å². The lowest BCUT2D eigenvalue weighted by atomic mass is 10.1. The van der Waals surface area contributed by atoms with E-state index < -0.39 is 0 Å². The van der Waals surface area contributed by atoms with E-state index in [2.05, 4.69) is 16.0 Å². The second kappa shape index (κ2) is 8.13. The van der Waals surface area contributed by atoms with E-state index in [1.165, 1.54) is 11.3 Å². The monoisotopic (exact) mass is 358 g/mol. The second-order valence-electron chi connectivity index (χ2n) is 5.96. The molecule has 1 aromatic heterocycles. The topological polar surface area (TPSA) is 73.5 Å². The van der Waals surface area contributed by atoms with E-state index in [4.69, 9.17) is 0 Å². The van der Waals surface area contributed by atoms with Crippen molar-refractivity contribution in [1.82, 2.24) is 10.2 Å². The number of benzene rings is 1. The van der Waals surface area contributed by atoms with Gasteiger partial charge in [-0.2, -0.15) is 0 Å². The SMILES string of the molecule is CNC1CCN(C(=O)c2ccc(NC(=O)Nc3ccccc3)s2)CC1. The van der Waals surface area contributed by atoms with Crippen LogP contribution in [0.5, 0.6) is 0 Å². The van der Waals surface area contributed by atoms with Gasteiger partial charge in [-0.05, 0) is 44.2 Å². The number of anilines is 2. The molecule has 1 aliphatic heterocycles. The van der Waals surface area contributed by atoms with Crippen LogP contribution in [-0.4, -0.2) is 43.0 Å². The average molecular weight is 358 g/mol. The quantitative estimate of drug-likeness (QED) is 0.786. The van der Waals surface area contributed by atoms with Crippen molar-refractivity contribution in [1.29, 1.82) is 0 Å². The average Bonchev–Trinajstić information content (AvgIpc) is 3.10. The van der Waals surface area contributed by atoms with Crippen LogP contribution >= 0.6 is 11.3 Å². The maximum atomic E-state index is 12.6. The molecule has 0 atom stereocenters. The summed E-state index contributed by atoms with van der Waals surface area (Å²) in [5.41, 5.74) is 0.722. The minimum atomic E-state index is -0.318. The zero-order chi connectivity index (χ0) is 17.6. The number of carbonyl (C=O) groups excluding carboxylic acids is 2. The first kappa shape index (κ1) is 17.4. The van der Waals surface area contributed by atoms with Gasteiger partial charge in [-0.15, -0.1) is 11.3 Å². The molecule has 2 heterocycles. The zero-order valence-corrected chi connectivity index (χ0v) is 14.9. The molecule has 2 aromatic rings. The molecule has 3 amide bonds. The third-order valence-electron chi connectivity index (χ3n) is 4.28. The van der Waals surface area contributed by atoms with E-state index in [9.17, 15) is 9.59 Å². The van der Waals surface area contributed by atoms with Crippen LogP contribution in [0, 0.1) is 0 Å². The van der Waals surface area contributed by atoms with Crippen LogP contribution in [0.15, 0.2) is 42.5 Å². The number of rotatable bonds is 4. The number of piperidine rings is 1. The molecule has 6 nitrogen and oxygen atoms in total. The molecule has 0 bridgehead atoms. The number of carbonyl (C=O) groups is 2. The van der Waals surface area contributed by atoms with Gasteiger partial charge in [0.15, 0.2) is 0 Å². The lowest BCUT2D eigenvalue weighted by Gasteiger charge is -2.31. The molecule has 1 fully saturated rings. The van der Waals surface area contributed by atoms with Crippen LogP contribution in [0.25, 0.3) is 0 Å². The Balaban J connectivity index is 1.55. The minimum Gasteiger partial charge on any atom is -0.338 e. The van der Waals surface area contributed by atoms with Crippen molar-refractivity contribution in [3.05, 3.63) is 47.3 Å². The minimum absolute atomic E-state index is 0.0380. The van der Waals surface area contributed by atoms with Crippen molar-refractivity contribution in [2.75, 3.05) is 30.8 Å². The molecule has 132 valence electrons. The number of likely N-dealkylation sites (tertiary alicyclic amines) is 1. The van der Waals surface area contributed by atoms with Crippen LogP contribution in [0.1, 0.15) is 22.5 Å². The summed E-state index contributed by atoms with van der Waals surface area (Å²) in [6, 6.07) is 12.9. The molecule has 1 aliphatic rings. The number of para-hydroxylation sites is 1. The standard InChI is InChI=1S/C18H22N4O2S/c1-19-13-9-11-22(12-10-13)17(23)15-7-8-16(25-15)21-18(24)20-14-5-3-2-4-6-14/h2-8,13,19H,9-12H2,1H3,(H2,20,21,24). The lowest BCUT2D eigenvalue weighted by Crippen LogP contribution is -2.43. The summed E-state index contributed by atoms with van der Waals surface area (Å²) >= 11 is 1.30. The van der Waals surface area contributed by atoms with E-state index >= 15 is 0 Å². The van der Waals surface area contributed by atoms with E-state index in [-0.39, 0.29) is 11.9 Å². The van der Waals surface area contributed by atoms with Crippen molar-refractivity contribution in [2.24, 2.45) is 0 Å². The zero-order valence-electron chi connectivity index (χ0n) is 14.1. The maximum Gasteiger partial charge on any atom is 0.324 e. The van der Waals surface area contributed by atoms with Gasteiger partial charge >= 0.3 is 6.03 Å². The Morgan fingerprint density at radius 3 is 2.44 bits per heavy atom. The fourth-order valence-corrected chi connectivity index (χ4v) is 3.71. The molecule has 0 spiro atoms. The van der Waals surface area contributed by atoms with Gasteiger partial charge in [-0.25, -0.2) is 4.79 Å².